The maximum Gasteiger partial charge on any atom is 0.160 e. The van der Waals surface area contributed by atoms with Gasteiger partial charge in [0.2, 0.25) is 0 Å². The molecular formula is C13H17NO. The first-order valence-corrected chi connectivity index (χ1v) is 5.54. The minimum absolute atomic E-state index is 0.183. The molecule has 0 saturated carbocycles. The fourth-order valence-electron chi connectivity index (χ4n) is 2.30. The summed E-state index contributed by atoms with van der Waals surface area (Å²) in [5.41, 5.74) is 3.38. The summed E-state index contributed by atoms with van der Waals surface area (Å²) in [7, 11) is 2.11. The molecule has 0 unspecified atom stereocenters. The number of nitrogens with zero attached hydrogens (tertiary/aromatic N) is 1. The molecule has 0 atom stereocenters. The van der Waals surface area contributed by atoms with Gasteiger partial charge in [-0.25, -0.2) is 0 Å². The monoisotopic (exact) mass is 203 g/mol. The zero-order valence-electron chi connectivity index (χ0n) is 9.42. The summed E-state index contributed by atoms with van der Waals surface area (Å²) >= 11 is 0. The van der Waals surface area contributed by atoms with E-state index >= 15 is 0 Å². The maximum atomic E-state index is 11.5. The minimum atomic E-state index is 0.183. The summed E-state index contributed by atoms with van der Waals surface area (Å²) < 4.78 is 0. The van der Waals surface area contributed by atoms with Gasteiger partial charge in [0.25, 0.3) is 0 Å². The topological polar surface area (TPSA) is 20.3 Å². The standard InChI is InChI=1S/C13H17NO/c1-10(15)11-7-5-8-13-12(11)6-3-4-9-14(13)2/h5,7-8H,3-4,6,9H2,1-2H3. The Morgan fingerprint density at radius 3 is 2.87 bits per heavy atom. The third-order valence-electron chi connectivity index (χ3n) is 3.11. The summed E-state index contributed by atoms with van der Waals surface area (Å²) in [5, 5.41) is 0. The van der Waals surface area contributed by atoms with Crippen molar-refractivity contribution < 1.29 is 4.79 Å². The average Bonchev–Trinajstić information content (AvgIpc) is 2.40. The number of Topliss-reactive ketones (excluding diaryl/α,β-unsaturated/α-hetero) is 1. The van der Waals surface area contributed by atoms with Crippen molar-refractivity contribution in [3.63, 3.8) is 0 Å². The smallest absolute Gasteiger partial charge is 0.160 e. The van der Waals surface area contributed by atoms with E-state index in [1.807, 2.05) is 12.1 Å². The number of anilines is 1. The van der Waals surface area contributed by atoms with E-state index in [4.69, 9.17) is 0 Å². The Hall–Kier alpha value is -1.31. The lowest BCUT2D eigenvalue weighted by Crippen LogP contribution is -2.18. The van der Waals surface area contributed by atoms with E-state index in [2.05, 4.69) is 18.0 Å². The molecule has 0 spiro atoms. The second kappa shape index (κ2) is 4.05. The minimum Gasteiger partial charge on any atom is -0.374 e. The predicted molar refractivity (Wildman–Crippen MR) is 62.7 cm³/mol. The van der Waals surface area contributed by atoms with Crippen LogP contribution in [0.15, 0.2) is 18.2 Å². The van der Waals surface area contributed by atoms with Gasteiger partial charge in [0.05, 0.1) is 0 Å². The number of benzene rings is 1. The SMILES string of the molecule is CC(=O)c1cccc2c1CCCCN2C. The number of rotatable bonds is 1. The van der Waals surface area contributed by atoms with Gasteiger partial charge in [-0.15, -0.1) is 0 Å². The molecule has 0 amide bonds. The molecular weight excluding hydrogens is 186 g/mol. The molecule has 0 fully saturated rings. The Morgan fingerprint density at radius 1 is 1.33 bits per heavy atom. The summed E-state index contributed by atoms with van der Waals surface area (Å²) in [6, 6.07) is 6.05. The third kappa shape index (κ3) is 1.89. The van der Waals surface area contributed by atoms with Gasteiger partial charge in [-0.1, -0.05) is 12.1 Å². The van der Waals surface area contributed by atoms with E-state index in [9.17, 15) is 4.79 Å². The molecule has 1 aromatic carbocycles. The number of ketones is 1. The lowest BCUT2D eigenvalue weighted by molar-refractivity contribution is 0.101. The van der Waals surface area contributed by atoms with Gasteiger partial charge in [0, 0.05) is 24.8 Å². The van der Waals surface area contributed by atoms with Crippen LogP contribution in [0, 0.1) is 0 Å². The van der Waals surface area contributed by atoms with E-state index in [-0.39, 0.29) is 5.78 Å². The first-order chi connectivity index (χ1) is 7.20. The molecule has 0 saturated heterocycles. The molecule has 1 aromatic rings. The molecule has 0 radical (unpaired) electrons. The molecule has 1 aliphatic rings. The van der Waals surface area contributed by atoms with Crippen molar-refractivity contribution in [3.05, 3.63) is 29.3 Å². The first kappa shape index (κ1) is 10.2. The molecule has 2 heteroatoms. The van der Waals surface area contributed by atoms with Crippen molar-refractivity contribution >= 4 is 11.5 Å². The Bertz CT molecular complexity index is 384. The van der Waals surface area contributed by atoms with E-state index in [1.165, 1.54) is 24.1 Å². The molecule has 0 aromatic heterocycles. The quantitative estimate of drug-likeness (QED) is 0.654. The van der Waals surface area contributed by atoms with E-state index < -0.39 is 0 Å². The van der Waals surface area contributed by atoms with Gasteiger partial charge < -0.3 is 4.90 Å². The number of fused-ring (bicyclic) bond motifs is 1. The average molecular weight is 203 g/mol. The van der Waals surface area contributed by atoms with Gasteiger partial charge >= 0.3 is 0 Å². The van der Waals surface area contributed by atoms with E-state index in [0.717, 1.165) is 18.5 Å². The number of carbonyl (C=O) groups excluding carboxylic acids is 1. The predicted octanol–water partition coefficient (Wildman–Crippen LogP) is 2.66. The third-order valence-corrected chi connectivity index (χ3v) is 3.11. The van der Waals surface area contributed by atoms with Crippen LogP contribution in [-0.4, -0.2) is 19.4 Å². The Kier molecular flexibility index (Phi) is 2.76. The second-order valence-corrected chi connectivity index (χ2v) is 4.24. The molecule has 80 valence electrons. The number of hydrogen-bond donors (Lipinski definition) is 0. The highest BCUT2D eigenvalue weighted by Crippen LogP contribution is 2.28. The van der Waals surface area contributed by atoms with Crippen LogP contribution in [0.2, 0.25) is 0 Å². The largest absolute Gasteiger partial charge is 0.374 e. The van der Waals surface area contributed by atoms with Crippen molar-refractivity contribution in [3.8, 4) is 0 Å². The van der Waals surface area contributed by atoms with E-state index in [1.54, 1.807) is 6.92 Å². The zero-order chi connectivity index (χ0) is 10.8. The summed E-state index contributed by atoms with van der Waals surface area (Å²) in [6.45, 7) is 2.74. The summed E-state index contributed by atoms with van der Waals surface area (Å²) in [4.78, 5) is 13.8. The fourth-order valence-corrected chi connectivity index (χ4v) is 2.30. The second-order valence-electron chi connectivity index (χ2n) is 4.24. The first-order valence-electron chi connectivity index (χ1n) is 5.54. The Balaban J connectivity index is 2.53. The van der Waals surface area contributed by atoms with E-state index in [0.29, 0.717) is 0 Å². The molecule has 15 heavy (non-hydrogen) atoms. The van der Waals surface area contributed by atoms with Crippen LogP contribution in [0.1, 0.15) is 35.7 Å². The Morgan fingerprint density at radius 2 is 2.13 bits per heavy atom. The van der Waals surface area contributed by atoms with Gasteiger partial charge in [0.1, 0.15) is 0 Å². The molecule has 2 rings (SSSR count). The summed E-state index contributed by atoms with van der Waals surface area (Å²) in [6.07, 6.45) is 3.43. The highest BCUT2D eigenvalue weighted by atomic mass is 16.1. The summed E-state index contributed by atoms with van der Waals surface area (Å²) in [5.74, 6) is 0.183. The zero-order valence-corrected chi connectivity index (χ0v) is 9.42. The van der Waals surface area contributed by atoms with Crippen LogP contribution >= 0.6 is 0 Å². The molecule has 0 bridgehead atoms. The van der Waals surface area contributed by atoms with Crippen LogP contribution in [-0.2, 0) is 6.42 Å². The molecule has 0 aliphatic carbocycles. The molecule has 1 heterocycles. The molecule has 1 aliphatic heterocycles. The molecule has 0 N–H and O–H groups in total. The normalized spacial score (nSPS) is 15.7. The van der Waals surface area contributed by atoms with Gasteiger partial charge in [-0.05, 0) is 37.8 Å². The van der Waals surface area contributed by atoms with Crippen LogP contribution in [0.4, 0.5) is 5.69 Å². The van der Waals surface area contributed by atoms with Crippen molar-refractivity contribution in [2.24, 2.45) is 0 Å². The van der Waals surface area contributed by atoms with Crippen LogP contribution in [0.5, 0.6) is 0 Å². The van der Waals surface area contributed by atoms with Crippen LogP contribution in [0.3, 0.4) is 0 Å². The van der Waals surface area contributed by atoms with Crippen LogP contribution < -0.4 is 4.90 Å². The number of carbonyl (C=O) groups is 1. The molecule has 2 nitrogen and oxygen atoms in total. The van der Waals surface area contributed by atoms with Crippen molar-refractivity contribution in [1.29, 1.82) is 0 Å². The van der Waals surface area contributed by atoms with Crippen LogP contribution in [0.25, 0.3) is 0 Å². The number of hydrogen-bond acceptors (Lipinski definition) is 2. The van der Waals surface area contributed by atoms with Crippen molar-refractivity contribution in [1.82, 2.24) is 0 Å². The lowest BCUT2D eigenvalue weighted by Gasteiger charge is -2.20. The fraction of sp³-hybridized carbons (Fsp3) is 0.462. The lowest BCUT2D eigenvalue weighted by atomic mass is 9.98. The van der Waals surface area contributed by atoms with Gasteiger partial charge in [0.15, 0.2) is 5.78 Å². The van der Waals surface area contributed by atoms with Crippen molar-refractivity contribution in [2.75, 3.05) is 18.5 Å². The highest BCUT2D eigenvalue weighted by Gasteiger charge is 2.16. The van der Waals surface area contributed by atoms with Crippen molar-refractivity contribution in [2.45, 2.75) is 26.2 Å². The Labute approximate surface area is 90.9 Å². The highest BCUT2D eigenvalue weighted by molar-refractivity contribution is 5.97. The van der Waals surface area contributed by atoms with Gasteiger partial charge in [-0.3, -0.25) is 4.79 Å². The van der Waals surface area contributed by atoms with Gasteiger partial charge in [-0.2, -0.15) is 0 Å². The maximum absolute atomic E-state index is 11.5.